The van der Waals surface area contributed by atoms with Crippen LogP contribution in [0.4, 0.5) is 24.8 Å². The third kappa shape index (κ3) is 6.07. The van der Waals surface area contributed by atoms with Gasteiger partial charge in [-0.2, -0.15) is 13.2 Å². The second-order valence-electron chi connectivity index (χ2n) is 8.10. The highest BCUT2D eigenvalue weighted by molar-refractivity contribution is 5.99. The third-order valence-corrected chi connectivity index (χ3v) is 5.45. The number of hydrogen-bond donors (Lipinski definition) is 3. The van der Waals surface area contributed by atoms with Crippen LogP contribution >= 0.6 is 0 Å². The number of hydrazine groups is 1. The number of pyridine rings is 1. The molecule has 0 aliphatic rings. The molecule has 0 radical (unpaired) electrons. The van der Waals surface area contributed by atoms with Crippen molar-refractivity contribution < 1.29 is 22.8 Å². The van der Waals surface area contributed by atoms with Crippen molar-refractivity contribution in [2.45, 2.75) is 20.0 Å². The van der Waals surface area contributed by atoms with Crippen molar-refractivity contribution in [3.63, 3.8) is 0 Å². The Hall–Kier alpha value is -4.80. The molecule has 0 saturated heterocycles. The van der Waals surface area contributed by atoms with Crippen LogP contribution in [0.1, 0.15) is 37.4 Å². The maximum Gasteiger partial charge on any atom is 0.416 e. The lowest BCUT2D eigenvalue weighted by Crippen LogP contribution is -2.41. The molecule has 0 fully saturated rings. The highest BCUT2D eigenvalue weighted by Gasteiger charge is 2.33. The van der Waals surface area contributed by atoms with E-state index >= 15 is 0 Å². The van der Waals surface area contributed by atoms with Crippen molar-refractivity contribution in [1.82, 2.24) is 25.8 Å². The number of carbonyl (C=O) groups excluding carboxylic acids is 2. The molecule has 4 aromatic rings. The minimum atomic E-state index is -4.60. The Bertz CT molecular complexity index is 1460. The van der Waals surface area contributed by atoms with E-state index in [9.17, 15) is 22.8 Å². The van der Waals surface area contributed by atoms with E-state index in [2.05, 4.69) is 31.1 Å². The predicted molar refractivity (Wildman–Crippen MR) is 131 cm³/mol. The smallest absolute Gasteiger partial charge is 0.324 e. The molecule has 0 saturated carbocycles. The van der Waals surface area contributed by atoms with E-state index in [-0.39, 0.29) is 16.7 Å². The van der Waals surface area contributed by atoms with E-state index in [4.69, 9.17) is 0 Å². The van der Waals surface area contributed by atoms with Crippen LogP contribution in [-0.4, -0.2) is 26.8 Å². The second-order valence-corrected chi connectivity index (χ2v) is 8.10. The van der Waals surface area contributed by atoms with Crippen molar-refractivity contribution >= 4 is 23.5 Å². The van der Waals surface area contributed by atoms with Crippen LogP contribution in [0.5, 0.6) is 0 Å². The van der Waals surface area contributed by atoms with E-state index in [1.165, 1.54) is 19.1 Å². The Balaban J connectivity index is 1.46. The Kier molecular flexibility index (Phi) is 7.14. The monoisotopic (exact) mass is 506 g/mol. The molecule has 0 atom stereocenters. The lowest BCUT2D eigenvalue weighted by atomic mass is 10.0. The fraction of sp³-hybridized carbons (Fsp3) is 0.115. The molecule has 0 bridgehead atoms. The molecule has 11 heteroatoms. The lowest BCUT2D eigenvalue weighted by molar-refractivity contribution is -0.138. The zero-order chi connectivity index (χ0) is 26.6. The molecule has 0 unspecified atom stereocenters. The van der Waals surface area contributed by atoms with E-state index < -0.39 is 23.6 Å². The largest absolute Gasteiger partial charge is 0.416 e. The molecule has 0 aliphatic carbocycles. The molecule has 2 aromatic heterocycles. The number of amides is 2. The average molecular weight is 506 g/mol. The van der Waals surface area contributed by atoms with Crippen molar-refractivity contribution in [3.05, 3.63) is 101 Å². The zero-order valence-corrected chi connectivity index (χ0v) is 19.7. The average Bonchev–Trinajstić information content (AvgIpc) is 2.88. The normalized spacial score (nSPS) is 11.1. The standard InChI is InChI=1S/C26H21F3N6O2/c1-15-5-7-17(12-20(15)26(27,28)29)23(36)34-35-24(37)18-8-6-16(2)22(13-18)33-25-31-11-9-21(32-25)19-4-3-10-30-14-19/h3-14H,1-2H3,(H,34,36)(H,35,37)(H,31,32,33). The first kappa shape index (κ1) is 25.3. The number of aryl methyl sites for hydroxylation is 2. The van der Waals surface area contributed by atoms with E-state index in [0.717, 1.165) is 17.2 Å². The second kappa shape index (κ2) is 10.4. The van der Waals surface area contributed by atoms with E-state index in [1.54, 1.807) is 48.9 Å². The number of hydrogen-bond acceptors (Lipinski definition) is 6. The summed E-state index contributed by atoms with van der Waals surface area (Å²) in [5, 5.41) is 3.08. The molecule has 0 spiro atoms. The molecule has 8 nitrogen and oxygen atoms in total. The van der Waals surface area contributed by atoms with Crippen LogP contribution in [0.3, 0.4) is 0 Å². The van der Waals surface area contributed by atoms with Crippen LogP contribution in [0.15, 0.2) is 73.2 Å². The van der Waals surface area contributed by atoms with Crippen LogP contribution in [0, 0.1) is 13.8 Å². The maximum absolute atomic E-state index is 13.1. The molecule has 3 N–H and O–H groups in total. The Morgan fingerprint density at radius 1 is 0.838 bits per heavy atom. The number of carbonyl (C=O) groups is 2. The summed E-state index contributed by atoms with van der Waals surface area (Å²) in [7, 11) is 0. The first-order valence-electron chi connectivity index (χ1n) is 11.0. The van der Waals surface area contributed by atoms with Gasteiger partial charge in [0.1, 0.15) is 0 Å². The summed E-state index contributed by atoms with van der Waals surface area (Å²) in [5.74, 6) is -1.25. The number of halogens is 3. The first-order valence-corrected chi connectivity index (χ1v) is 11.0. The zero-order valence-electron chi connectivity index (χ0n) is 19.7. The molecule has 4 rings (SSSR count). The van der Waals surface area contributed by atoms with Crippen molar-refractivity contribution in [3.8, 4) is 11.3 Å². The summed E-state index contributed by atoms with van der Waals surface area (Å²) in [5.41, 5.74) is 6.21. The number of nitrogens with zero attached hydrogens (tertiary/aromatic N) is 3. The van der Waals surface area contributed by atoms with Gasteiger partial charge >= 0.3 is 6.18 Å². The van der Waals surface area contributed by atoms with Crippen LogP contribution < -0.4 is 16.2 Å². The highest BCUT2D eigenvalue weighted by atomic mass is 19.4. The summed E-state index contributed by atoms with van der Waals surface area (Å²) in [4.78, 5) is 37.8. The SMILES string of the molecule is Cc1ccc(C(=O)NNC(=O)c2ccc(C)c(C(F)(F)F)c2)cc1Nc1nccc(-c2cccnc2)n1. The number of anilines is 2. The van der Waals surface area contributed by atoms with Gasteiger partial charge in [0.2, 0.25) is 5.95 Å². The quantitative estimate of drug-likeness (QED) is 0.329. The van der Waals surface area contributed by atoms with Gasteiger partial charge in [-0.3, -0.25) is 25.4 Å². The van der Waals surface area contributed by atoms with E-state index in [0.29, 0.717) is 17.3 Å². The summed E-state index contributed by atoms with van der Waals surface area (Å²) in [6, 6.07) is 13.4. The van der Waals surface area contributed by atoms with E-state index in [1.807, 2.05) is 13.0 Å². The number of benzene rings is 2. The summed E-state index contributed by atoms with van der Waals surface area (Å²) >= 11 is 0. The van der Waals surface area contributed by atoms with Gasteiger partial charge in [-0.1, -0.05) is 12.1 Å². The predicted octanol–water partition coefficient (Wildman–Crippen LogP) is 4.99. The summed E-state index contributed by atoms with van der Waals surface area (Å²) in [6.45, 7) is 3.13. The minimum Gasteiger partial charge on any atom is -0.324 e. The molecule has 37 heavy (non-hydrogen) atoms. The fourth-order valence-corrected chi connectivity index (χ4v) is 3.44. The molecular weight excluding hydrogens is 485 g/mol. The molecular formula is C26H21F3N6O2. The van der Waals surface area contributed by atoms with Gasteiger partial charge in [-0.15, -0.1) is 0 Å². The van der Waals surface area contributed by atoms with Gasteiger partial charge in [0.15, 0.2) is 0 Å². The van der Waals surface area contributed by atoms with Crippen molar-refractivity contribution in [1.29, 1.82) is 0 Å². The van der Waals surface area contributed by atoms with Gasteiger partial charge in [0.05, 0.1) is 11.3 Å². The van der Waals surface area contributed by atoms with Gasteiger partial charge in [0.25, 0.3) is 11.8 Å². The summed E-state index contributed by atoms with van der Waals surface area (Å²) in [6.07, 6.45) is 0.328. The topological polar surface area (TPSA) is 109 Å². The lowest BCUT2D eigenvalue weighted by Gasteiger charge is -2.13. The van der Waals surface area contributed by atoms with Gasteiger partial charge in [0, 0.05) is 41.0 Å². The van der Waals surface area contributed by atoms with Crippen molar-refractivity contribution in [2.24, 2.45) is 0 Å². The minimum absolute atomic E-state index is 0.0114. The highest BCUT2D eigenvalue weighted by Crippen LogP contribution is 2.32. The molecule has 0 aliphatic heterocycles. The Morgan fingerprint density at radius 2 is 1.51 bits per heavy atom. The number of rotatable bonds is 5. The molecule has 2 aromatic carbocycles. The maximum atomic E-state index is 13.1. The fourth-order valence-electron chi connectivity index (χ4n) is 3.44. The number of alkyl halides is 3. The summed E-state index contributed by atoms with van der Waals surface area (Å²) < 4.78 is 39.4. The van der Waals surface area contributed by atoms with Gasteiger partial charge in [-0.25, -0.2) is 9.97 Å². The molecule has 2 amide bonds. The molecule has 188 valence electrons. The first-order chi connectivity index (χ1) is 17.6. The van der Waals surface area contributed by atoms with Gasteiger partial charge in [-0.05, 0) is 67.4 Å². The van der Waals surface area contributed by atoms with Crippen LogP contribution in [0.2, 0.25) is 0 Å². The van der Waals surface area contributed by atoms with Crippen LogP contribution in [0.25, 0.3) is 11.3 Å². The van der Waals surface area contributed by atoms with Crippen LogP contribution in [-0.2, 0) is 6.18 Å². The number of aromatic nitrogens is 3. The van der Waals surface area contributed by atoms with Gasteiger partial charge < -0.3 is 5.32 Å². The molecule has 2 heterocycles. The Morgan fingerprint density at radius 3 is 2.16 bits per heavy atom. The Labute approximate surface area is 210 Å². The third-order valence-electron chi connectivity index (χ3n) is 5.45. The van der Waals surface area contributed by atoms with Crippen molar-refractivity contribution in [2.75, 3.05) is 5.32 Å². The number of nitrogens with one attached hydrogen (secondary N) is 3.